The molecule has 0 aliphatic carbocycles. The fourth-order valence-corrected chi connectivity index (χ4v) is 2.14. The van der Waals surface area contributed by atoms with Crippen molar-refractivity contribution in [2.24, 2.45) is 0 Å². The van der Waals surface area contributed by atoms with Crippen molar-refractivity contribution in [2.75, 3.05) is 32.8 Å². The summed E-state index contributed by atoms with van der Waals surface area (Å²) in [7, 11) is 0. The molecule has 104 valence electrons. The zero-order valence-electron chi connectivity index (χ0n) is 11.1. The molecular weight excluding hydrogens is 247 g/mol. The predicted octanol–water partition coefficient (Wildman–Crippen LogP) is 1.28. The van der Waals surface area contributed by atoms with Gasteiger partial charge in [0.05, 0.1) is 18.3 Å². The Morgan fingerprint density at radius 2 is 2.32 bits per heavy atom. The van der Waals surface area contributed by atoms with Crippen molar-refractivity contribution in [3.63, 3.8) is 0 Å². The van der Waals surface area contributed by atoms with E-state index in [-0.39, 0.29) is 11.7 Å². The molecule has 1 atom stereocenters. The molecule has 2 rings (SSSR count). The summed E-state index contributed by atoms with van der Waals surface area (Å²) in [5, 5.41) is 2.72. The lowest BCUT2D eigenvalue weighted by molar-refractivity contribution is -0.0246. The molecule has 4 nitrogen and oxygen atoms in total. The van der Waals surface area contributed by atoms with Crippen molar-refractivity contribution in [1.29, 1.82) is 0 Å². The molecule has 1 saturated heterocycles. The van der Waals surface area contributed by atoms with Crippen molar-refractivity contribution < 1.29 is 13.9 Å². The summed E-state index contributed by atoms with van der Waals surface area (Å²) in [6.07, 6.45) is -0.0237. The number of ether oxygens (including phenoxy) is 1. The van der Waals surface area contributed by atoms with E-state index in [1.807, 2.05) is 0 Å². The highest BCUT2D eigenvalue weighted by Crippen LogP contribution is 2.07. The number of rotatable bonds is 4. The number of benzene rings is 1. The number of carbonyl (C=O) groups excluding carboxylic acids is 1. The van der Waals surface area contributed by atoms with Gasteiger partial charge in [0.2, 0.25) is 0 Å². The minimum Gasteiger partial charge on any atom is -0.374 e. The summed E-state index contributed by atoms with van der Waals surface area (Å²) in [5.41, 5.74) is 0.0747. The van der Waals surface area contributed by atoms with E-state index in [4.69, 9.17) is 4.74 Å². The molecule has 1 aliphatic heterocycles. The van der Waals surface area contributed by atoms with Crippen LogP contribution in [0.2, 0.25) is 0 Å². The van der Waals surface area contributed by atoms with Gasteiger partial charge < -0.3 is 10.1 Å². The van der Waals surface area contributed by atoms with Crippen molar-refractivity contribution >= 4 is 5.91 Å². The number of hydrogen-bond acceptors (Lipinski definition) is 3. The summed E-state index contributed by atoms with van der Waals surface area (Å²) >= 11 is 0. The fourth-order valence-electron chi connectivity index (χ4n) is 2.14. The third-order valence-corrected chi connectivity index (χ3v) is 3.28. The first-order valence-corrected chi connectivity index (χ1v) is 6.57. The molecule has 1 amide bonds. The Hall–Kier alpha value is -1.46. The first-order valence-electron chi connectivity index (χ1n) is 6.57. The predicted molar refractivity (Wildman–Crippen MR) is 70.6 cm³/mol. The Labute approximate surface area is 112 Å². The lowest BCUT2D eigenvalue weighted by atomic mass is 10.2. The molecule has 1 aromatic carbocycles. The standard InChI is InChI=1S/C14H19FN2O2/c1-2-17-7-8-19-11(10-17)9-16-14(18)12-5-3-4-6-13(12)15/h3-6,11H,2,7-10H2,1H3,(H,16,18). The Balaban J connectivity index is 1.85. The second-order valence-corrected chi connectivity index (χ2v) is 4.58. The smallest absolute Gasteiger partial charge is 0.254 e. The second kappa shape index (κ2) is 6.63. The van der Waals surface area contributed by atoms with Crippen LogP contribution in [0.3, 0.4) is 0 Å². The van der Waals surface area contributed by atoms with Crippen molar-refractivity contribution in [3.8, 4) is 0 Å². The van der Waals surface area contributed by atoms with Crippen LogP contribution in [-0.2, 0) is 4.74 Å². The van der Waals surface area contributed by atoms with Crippen LogP contribution in [0, 0.1) is 5.82 Å². The second-order valence-electron chi connectivity index (χ2n) is 4.58. The summed E-state index contributed by atoms with van der Waals surface area (Å²) in [5.74, 6) is -0.893. The molecule has 1 N–H and O–H groups in total. The van der Waals surface area contributed by atoms with E-state index in [1.165, 1.54) is 12.1 Å². The van der Waals surface area contributed by atoms with Gasteiger partial charge in [-0.05, 0) is 18.7 Å². The highest BCUT2D eigenvalue weighted by molar-refractivity contribution is 5.94. The van der Waals surface area contributed by atoms with Gasteiger partial charge in [-0.25, -0.2) is 4.39 Å². The van der Waals surface area contributed by atoms with Gasteiger partial charge in [-0.1, -0.05) is 19.1 Å². The number of amides is 1. The first kappa shape index (κ1) is 14.0. The van der Waals surface area contributed by atoms with E-state index in [2.05, 4.69) is 17.1 Å². The molecule has 0 bridgehead atoms. The lowest BCUT2D eigenvalue weighted by Crippen LogP contribution is -2.47. The van der Waals surface area contributed by atoms with Gasteiger partial charge in [0.1, 0.15) is 5.82 Å². The zero-order valence-corrected chi connectivity index (χ0v) is 11.1. The van der Waals surface area contributed by atoms with Crippen LogP contribution in [-0.4, -0.2) is 49.7 Å². The maximum Gasteiger partial charge on any atom is 0.254 e. The third-order valence-electron chi connectivity index (χ3n) is 3.28. The number of likely N-dealkylation sites (N-methyl/N-ethyl adjacent to an activating group) is 1. The minimum absolute atomic E-state index is 0.0237. The molecule has 0 aromatic heterocycles. The third kappa shape index (κ3) is 3.75. The van der Waals surface area contributed by atoms with Crippen LogP contribution in [0.5, 0.6) is 0 Å². The van der Waals surface area contributed by atoms with Crippen molar-refractivity contribution in [2.45, 2.75) is 13.0 Å². The van der Waals surface area contributed by atoms with Gasteiger partial charge >= 0.3 is 0 Å². The largest absolute Gasteiger partial charge is 0.374 e. The number of morpholine rings is 1. The van der Waals surface area contributed by atoms with Crippen LogP contribution in [0.25, 0.3) is 0 Å². The number of hydrogen-bond donors (Lipinski definition) is 1. The van der Waals surface area contributed by atoms with Crippen LogP contribution in [0.15, 0.2) is 24.3 Å². The normalized spacial score (nSPS) is 20.2. The molecule has 1 heterocycles. The lowest BCUT2D eigenvalue weighted by Gasteiger charge is -2.32. The highest BCUT2D eigenvalue weighted by atomic mass is 19.1. The first-order chi connectivity index (χ1) is 9.20. The number of nitrogens with zero attached hydrogens (tertiary/aromatic N) is 1. The topological polar surface area (TPSA) is 41.6 Å². The summed E-state index contributed by atoms with van der Waals surface area (Å²) in [6.45, 7) is 5.88. The zero-order chi connectivity index (χ0) is 13.7. The molecule has 5 heteroatoms. The van der Waals surface area contributed by atoms with Crippen molar-refractivity contribution in [3.05, 3.63) is 35.6 Å². The average molecular weight is 266 g/mol. The van der Waals surface area contributed by atoms with Gasteiger partial charge in [-0.15, -0.1) is 0 Å². The SMILES string of the molecule is CCN1CCOC(CNC(=O)c2ccccc2F)C1. The fraction of sp³-hybridized carbons (Fsp3) is 0.500. The van der Waals surface area contributed by atoms with Gasteiger partial charge in [-0.3, -0.25) is 9.69 Å². The molecule has 1 unspecified atom stereocenters. The Morgan fingerprint density at radius 1 is 1.53 bits per heavy atom. The number of nitrogens with one attached hydrogen (secondary N) is 1. The molecule has 0 radical (unpaired) electrons. The summed E-state index contributed by atoms with van der Waals surface area (Å²) < 4.78 is 19.0. The molecule has 0 saturated carbocycles. The molecule has 1 aliphatic rings. The van der Waals surface area contributed by atoms with Gasteiger partial charge in [0.25, 0.3) is 5.91 Å². The summed E-state index contributed by atoms with van der Waals surface area (Å²) in [6, 6.07) is 5.97. The van der Waals surface area contributed by atoms with Gasteiger partial charge in [-0.2, -0.15) is 0 Å². The van der Waals surface area contributed by atoms with Crippen LogP contribution in [0.4, 0.5) is 4.39 Å². The highest BCUT2D eigenvalue weighted by Gasteiger charge is 2.20. The molecule has 1 aromatic rings. The Morgan fingerprint density at radius 3 is 3.05 bits per heavy atom. The van der Waals surface area contributed by atoms with Crippen LogP contribution in [0.1, 0.15) is 17.3 Å². The van der Waals surface area contributed by atoms with Gasteiger partial charge in [0, 0.05) is 19.6 Å². The Kier molecular flexibility index (Phi) is 4.87. The maximum absolute atomic E-state index is 13.4. The maximum atomic E-state index is 13.4. The quantitative estimate of drug-likeness (QED) is 0.892. The van der Waals surface area contributed by atoms with Gasteiger partial charge in [0.15, 0.2) is 0 Å². The number of halogens is 1. The summed E-state index contributed by atoms with van der Waals surface area (Å²) in [4.78, 5) is 14.1. The average Bonchev–Trinajstić information content (AvgIpc) is 2.45. The monoisotopic (exact) mass is 266 g/mol. The van der Waals surface area contributed by atoms with E-state index in [0.29, 0.717) is 13.2 Å². The van der Waals surface area contributed by atoms with E-state index < -0.39 is 11.7 Å². The molecule has 19 heavy (non-hydrogen) atoms. The van der Waals surface area contributed by atoms with Crippen molar-refractivity contribution in [1.82, 2.24) is 10.2 Å². The van der Waals surface area contributed by atoms with Crippen LogP contribution >= 0.6 is 0 Å². The molecule has 0 spiro atoms. The molecule has 1 fully saturated rings. The van der Waals surface area contributed by atoms with Crippen LogP contribution < -0.4 is 5.32 Å². The number of carbonyl (C=O) groups is 1. The van der Waals surface area contributed by atoms with E-state index >= 15 is 0 Å². The van der Waals surface area contributed by atoms with E-state index in [1.54, 1.807) is 12.1 Å². The minimum atomic E-state index is -0.500. The van der Waals surface area contributed by atoms with E-state index in [9.17, 15) is 9.18 Å². The Bertz CT molecular complexity index is 439. The molecular formula is C14H19FN2O2. The van der Waals surface area contributed by atoms with E-state index in [0.717, 1.165) is 19.6 Å².